The highest BCUT2D eigenvalue weighted by Crippen LogP contribution is 2.25. The molecule has 0 spiro atoms. The van der Waals surface area contributed by atoms with Crippen molar-refractivity contribution in [2.45, 2.75) is 46.5 Å². The van der Waals surface area contributed by atoms with E-state index in [4.69, 9.17) is 42.5 Å². The molecule has 6 aromatic rings. The van der Waals surface area contributed by atoms with Gasteiger partial charge in [0.2, 0.25) is 0 Å². The largest absolute Gasteiger partial charge is 0.477 e. The van der Waals surface area contributed by atoms with E-state index in [0.29, 0.717) is 58.7 Å². The standard InChI is InChI=1S/C24H22ClNO4.C22H18ClNO4/c1-3-29-24(28)23-15-21(10-11-26-23)30-20-7-4-17(5-8-20)13-19(27)14-18-6-9-22(25)16(2)12-18;1-14-10-16(4-7-20(14)23)12-17(25)11-15-2-5-18(6-3-15)28-19-8-9-24-21(13-19)22(26)27/h4-12,15H,3,13-14H2,1-2H3;2-10,13H,11-12H2,1H3,(H,26,27). The number of carbonyl (C=O) groups is 4. The molecule has 0 radical (unpaired) electrons. The van der Waals surface area contributed by atoms with E-state index in [-0.39, 0.29) is 29.6 Å². The van der Waals surface area contributed by atoms with E-state index < -0.39 is 11.9 Å². The molecule has 10 nitrogen and oxygen atoms in total. The Morgan fingerprint density at radius 3 is 1.34 bits per heavy atom. The summed E-state index contributed by atoms with van der Waals surface area (Å²) in [6.07, 6.45) is 4.25. The molecule has 2 aromatic heterocycles. The van der Waals surface area contributed by atoms with Gasteiger partial charge in [0, 0.05) is 60.3 Å². The van der Waals surface area contributed by atoms with Crippen LogP contribution >= 0.6 is 23.2 Å². The average molecular weight is 820 g/mol. The van der Waals surface area contributed by atoms with Crippen LogP contribution in [-0.4, -0.2) is 45.2 Å². The Kier molecular flexibility index (Phi) is 15.3. The van der Waals surface area contributed by atoms with E-state index in [9.17, 15) is 19.2 Å². The van der Waals surface area contributed by atoms with Gasteiger partial charge in [-0.2, -0.15) is 0 Å². The first kappa shape index (κ1) is 42.8. The molecular formula is C46H40Cl2N2O8. The molecule has 0 bridgehead atoms. The smallest absolute Gasteiger partial charge is 0.357 e. The lowest BCUT2D eigenvalue weighted by atomic mass is 10.0. The second-order valence-electron chi connectivity index (χ2n) is 13.2. The number of aryl methyl sites for hydroxylation is 2. The average Bonchev–Trinajstić information content (AvgIpc) is 3.20. The van der Waals surface area contributed by atoms with Crippen LogP contribution in [0.4, 0.5) is 0 Å². The highest BCUT2D eigenvalue weighted by atomic mass is 35.5. The van der Waals surface area contributed by atoms with Gasteiger partial charge in [0.15, 0.2) is 11.4 Å². The summed E-state index contributed by atoms with van der Waals surface area (Å²) in [6.45, 7) is 5.86. The maximum atomic E-state index is 12.4. The normalized spacial score (nSPS) is 10.5. The molecule has 0 fully saturated rings. The zero-order valence-corrected chi connectivity index (χ0v) is 33.5. The molecule has 1 N–H and O–H groups in total. The van der Waals surface area contributed by atoms with E-state index >= 15 is 0 Å². The van der Waals surface area contributed by atoms with Gasteiger partial charge in [-0.3, -0.25) is 9.59 Å². The molecule has 296 valence electrons. The Morgan fingerprint density at radius 2 is 0.931 bits per heavy atom. The molecule has 4 aromatic carbocycles. The van der Waals surface area contributed by atoms with Crippen LogP contribution in [0.2, 0.25) is 10.0 Å². The number of hydrogen-bond acceptors (Lipinski definition) is 9. The van der Waals surface area contributed by atoms with Crippen LogP contribution in [-0.2, 0) is 40.0 Å². The fourth-order valence-corrected chi connectivity index (χ4v) is 5.91. The summed E-state index contributed by atoms with van der Waals surface area (Å²) in [5.74, 6) is 0.633. The van der Waals surface area contributed by atoms with Crippen molar-refractivity contribution in [2.75, 3.05) is 6.61 Å². The third kappa shape index (κ3) is 13.1. The SMILES string of the molecule is CCOC(=O)c1cc(Oc2ccc(CC(=O)Cc3ccc(Cl)c(C)c3)cc2)ccn1.Cc1cc(CC(=O)Cc2ccc(Oc3ccnc(C(=O)O)c3)cc2)ccc1Cl. The summed E-state index contributed by atoms with van der Waals surface area (Å²) in [5.41, 5.74) is 5.70. The van der Waals surface area contributed by atoms with Gasteiger partial charge >= 0.3 is 11.9 Å². The van der Waals surface area contributed by atoms with Gasteiger partial charge in [-0.25, -0.2) is 19.6 Å². The van der Waals surface area contributed by atoms with Gasteiger partial charge in [0.05, 0.1) is 6.61 Å². The van der Waals surface area contributed by atoms with Gasteiger partial charge in [0.1, 0.15) is 34.6 Å². The molecule has 0 aliphatic carbocycles. The predicted molar refractivity (Wildman–Crippen MR) is 222 cm³/mol. The number of hydrogen-bond donors (Lipinski definition) is 1. The fourth-order valence-electron chi connectivity index (χ4n) is 5.67. The van der Waals surface area contributed by atoms with Crippen LogP contribution in [0.5, 0.6) is 23.0 Å². The molecule has 0 aliphatic rings. The van der Waals surface area contributed by atoms with E-state index in [1.165, 1.54) is 24.5 Å². The lowest BCUT2D eigenvalue weighted by Gasteiger charge is -2.08. The fraction of sp³-hybridized carbons (Fsp3) is 0.174. The minimum absolute atomic E-state index is 0.0860. The lowest BCUT2D eigenvalue weighted by Crippen LogP contribution is -2.07. The van der Waals surface area contributed by atoms with Crippen LogP contribution in [0.15, 0.2) is 122 Å². The lowest BCUT2D eigenvalue weighted by molar-refractivity contribution is -0.118. The summed E-state index contributed by atoms with van der Waals surface area (Å²) in [4.78, 5) is 55.2. The molecule has 0 saturated carbocycles. The molecule has 0 amide bonds. The summed E-state index contributed by atoms with van der Waals surface area (Å²) >= 11 is 12.0. The topological polar surface area (TPSA) is 142 Å². The van der Waals surface area contributed by atoms with E-state index in [1.54, 1.807) is 49.4 Å². The Hall–Kier alpha value is -6.36. The van der Waals surface area contributed by atoms with Crippen LogP contribution in [0.25, 0.3) is 0 Å². The van der Waals surface area contributed by atoms with Crippen molar-refractivity contribution in [1.82, 2.24) is 9.97 Å². The predicted octanol–water partition coefficient (Wildman–Crippen LogP) is 10.3. The number of aromatic nitrogens is 2. The number of carboxylic acids is 1. The molecule has 2 heterocycles. The number of benzene rings is 4. The summed E-state index contributed by atoms with van der Waals surface area (Å²) in [5, 5.41) is 10.4. The van der Waals surface area contributed by atoms with Crippen LogP contribution in [0, 0.1) is 13.8 Å². The third-order valence-electron chi connectivity index (χ3n) is 8.53. The molecule has 6 rings (SSSR count). The van der Waals surface area contributed by atoms with E-state index in [0.717, 1.165) is 33.4 Å². The molecule has 58 heavy (non-hydrogen) atoms. The van der Waals surface area contributed by atoms with Gasteiger partial charge in [-0.15, -0.1) is 0 Å². The molecule has 12 heteroatoms. The third-order valence-corrected chi connectivity index (χ3v) is 9.38. The van der Waals surface area contributed by atoms with Crippen LogP contribution in [0.3, 0.4) is 0 Å². The maximum Gasteiger partial charge on any atom is 0.357 e. The van der Waals surface area contributed by atoms with Gasteiger partial charge < -0.3 is 19.3 Å². The number of ketones is 2. The molecular weight excluding hydrogens is 779 g/mol. The Labute approximate surface area is 346 Å². The number of ether oxygens (including phenoxy) is 3. The number of Topliss-reactive ketones (excluding diaryl/α,β-unsaturated/α-hetero) is 2. The Bertz CT molecular complexity index is 2400. The zero-order valence-electron chi connectivity index (χ0n) is 32.0. The molecule has 0 aliphatic heterocycles. The first-order chi connectivity index (χ1) is 27.8. The van der Waals surface area contributed by atoms with Gasteiger partial charge in [0.25, 0.3) is 0 Å². The zero-order chi connectivity index (χ0) is 41.6. The quantitative estimate of drug-likeness (QED) is 0.0995. The summed E-state index contributed by atoms with van der Waals surface area (Å²) < 4.78 is 16.4. The van der Waals surface area contributed by atoms with Crippen LogP contribution in [0.1, 0.15) is 61.3 Å². The van der Waals surface area contributed by atoms with Gasteiger partial charge in [-0.05, 0) is 103 Å². The monoisotopic (exact) mass is 818 g/mol. The maximum absolute atomic E-state index is 12.4. The molecule has 0 atom stereocenters. The van der Waals surface area contributed by atoms with Crippen molar-refractivity contribution < 1.29 is 38.5 Å². The van der Waals surface area contributed by atoms with Crippen molar-refractivity contribution >= 4 is 46.7 Å². The summed E-state index contributed by atoms with van der Waals surface area (Å²) in [6, 6.07) is 31.8. The number of pyridine rings is 2. The number of halogens is 2. The Balaban J connectivity index is 0.000000221. The number of esters is 1. The Morgan fingerprint density at radius 1 is 0.534 bits per heavy atom. The van der Waals surface area contributed by atoms with E-state index in [2.05, 4.69) is 9.97 Å². The molecule has 0 saturated heterocycles. The van der Waals surface area contributed by atoms with Crippen molar-refractivity contribution in [3.05, 3.63) is 176 Å². The minimum Gasteiger partial charge on any atom is -0.477 e. The van der Waals surface area contributed by atoms with Crippen LogP contribution < -0.4 is 9.47 Å². The number of carboxylic acid groups (broad SMARTS) is 1. The van der Waals surface area contributed by atoms with E-state index in [1.807, 2.05) is 68.4 Å². The van der Waals surface area contributed by atoms with Gasteiger partial charge in [-0.1, -0.05) is 71.7 Å². The summed E-state index contributed by atoms with van der Waals surface area (Å²) in [7, 11) is 0. The van der Waals surface area contributed by atoms with Crippen molar-refractivity contribution in [2.24, 2.45) is 0 Å². The second kappa shape index (κ2) is 20.7. The number of carbonyl (C=O) groups excluding carboxylic acids is 3. The second-order valence-corrected chi connectivity index (χ2v) is 14.0. The highest BCUT2D eigenvalue weighted by Gasteiger charge is 2.12. The number of aromatic carboxylic acids is 1. The first-order valence-electron chi connectivity index (χ1n) is 18.2. The van der Waals surface area contributed by atoms with Crippen molar-refractivity contribution in [1.29, 1.82) is 0 Å². The van der Waals surface area contributed by atoms with Crippen molar-refractivity contribution in [3.8, 4) is 23.0 Å². The van der Waals surface area contributed by atoms with Crippen molar-refractivity contribution in [3.63, 3.8) is 0 Å². The number of nitrogens with zero attached hydrogens (tertiary/aromatic N) is 2. The highest BCUT2D eigenvalue weighted by molar-refractivity contribution is 6.31. The molecule has 0 unspecified atom stereocenters. The first-order valence-corrected chi connectivity index (χ1v) is 19.0. The number of rotatable bonds is 15. The minimum atomic E-state index is -1.12.